The van der Waals surface area contributed by atoms with Crippen molar-refractivity contribution in [2.24, 2.45) is 0 Å². The van der Waals surface area contributed by atoms with E-state index in [4.69, 9.17) is 0 Å². The molecule has 6 heteroatoms. The number of thiazole rings is 1. The van der Waals surface area contributed by atoms with Gasteiger partial charge in [-0.05, 0) is 24.6 Å². The summed E-state index contributed by atoms with van der Waals surface area (Å²) in [6.45, 7) is 2.04. The largest absolute Gasteiger partial charge is 0.340 e. The lowest BCUT2D eigenvalue weighted by Gasteiger charge is -2.19. The first kappa shape index (κ1) is 21.5. The molecular weight excluding hydrogens is 418 g/mol. The van der Waals surface area contributed by atoms with E-state index in [1.807, 2.05) is 97.2 Å². The van der Waals surface area contributed by atoms with E-state index in [9.17, 15) is 9.59 Å². The van der Waals surface area contributed by atoms with E-state index < -0.39 is 6.04 Å². The van der Waals surface area contributed by atoms with E-state index in [-0.39, 0.29) is 18.2 Å². The Bertz CT molecular complexity index is 1190. The molecule has 4 rings (SSSR count). The van der Waals surface area contributed by atoms with Crippen molar-refractivity contribution in [2.45, 2.75) is 19.4 Å². The van der Waals surface area contributed by atoms with E-state index in [2.05, 4.69) is 15.6 Å². The van der Waals surface area contributed by atoms with Crippen molar-refractivity contribution in [3.63, 3.8) is 0 Å². The van der Waals surface area contributed by atoms with Crippen LogP contribution in [0.4, 0.5) is 5.69 Å². The lowest BCUT2D eigenvalue weighted by atomic mass is 10.1. The van der Waals surface area contributed by atoms with Gasteiger partial charge in [-0.1, -0.05) is 78.4 Å². The van der Waals surface area contributed by atoms with Crippen molar-refractivity contribution < 1.29 is 9.59 Å². The predicted molar refractivity (Wildman–Crippen MR) is 128 cm³/mol. The van der Waals surface area contributed by atoms with Gasteiger partial charge in [0.2, 0.25) is 5.91 Å². The summed E-state index contributed by atoms with van der Waals surface area (Å²) >= 11 is 1.50. The number of nitrogens with zero attached hydrogens (tertiary/aromatic N) is 1. The Hall–Kier alpha value is -3.77. The molecule has 5 nitrogen and oxygen atoms in total. The molecule has 4 aromatic rings. The Morgan fingerprint density at radius 1 is 0.906 bits per heavy atom. The molecule has 1 aromatic heterocycles. The van der Waals surface area contributed by atoms with Crippen LogP contribution in [0.5, 0.6) is 0 Å². The molecule has 1 atom stereocenters. The summed E-state index contributed by atoms with van der Waals surface area (Å²) in [5, 5.41) is 8.50. The average molecular weight is 442 g/mol. The number of aryl methyl sites for hydroxylation is 1. The van der Waals surface area contributed by atoms with E-state index in [0.717, 1.165) is 10.6 Å². The van der Waals surface area contributed by atoms with Gasteiger partial charge in [-0.25, -0.2) is 4.98 Å². The van der Waals surface area contributed by atoms with E-state index in [1.165, 1.54) is 16.9 Å². The second kappa shape index (κ2) is 10.0. The summed E-state index contributed by atoms with van der Waals surface area (Å²) in [6, 6.07) is 25.7. The summed E-state index contributed by atoms with van der Waals surface area (Å²) in [7, 11) is 0. The quantitative estimate of drug-likeness (QED) is 0.416. The van der Waals surface area contributed by atoms with E-state index >= 15 is 0 Å². The Morgan fingerprint density at radius 3 is 2.25 bits per heavy atom. The number of hydrogen-bond donors (Lipinski definition) is 2. The van der Waals surface area contributed by atoms with Crippen LogP contribution in [-0.2, 0) is 16.0 Å². The molecule has 160 valence electrons. The first-order chi connectivity index (χ1) is 15.6. The van der Waals surface area contributed by atoms with Crippen molar-refractivity contribution >= 4 is 28.8 Å². The highest BCUT2D eigenvalue weighted by Gasteiger charge is 2.23. The molecule has 0 aliphatic carbocycles. The number of aromatic nitrogens is 1. The zero-order valence-corrected chi connectivity index (χ0v) is 18.4. The van der Waals surface area contributed by atoms with Gasteiger partial charge < -0.3 is 10.6 Å². The fourth-order valence-corrected chi connectivity index (χ4v) is 4.10. The molecule has 0 saturated carbocycles. The molecule has 32 heavy (non-hydrogen) atoms. The smallest absolute Gasteiger partial charge is 0.251 e. The summed E-state index contributed by atoms with van der Waals surface area (Å²) in [6.07, 6.45) is 0.101. The number of carbonyl (C=O) groups excluding carboxylic acids is 2. The Morgan fingerprint density at radius 2 is 1.56 bits per heavy atom. The van der Waals surface area contributed by atoms with Gasteiger partial charge in [-0.2, -0.15) is 0 Å². The maximum absolute atomic E-state index is 13.0. The lowest BCUT2D eigenvalue weighted by molar-refractivity contribution is -0.126. The summed E-state index contributed by atoms with van der Waals surface area (Å²) in [4.78, 5) is 30.4. The van der Waals surface area contributed by atoms with E-state index in [1.54, 1.807) is 0 Å². The molecule has 0 aliphatic rings. The van der Waals surface area contributed by atoms with Gasteiger partial charge in [-0.3, -0.25) is 9.59 Å². The molecule has 2 amide bonds. The van der Waals surface area contributed by atoms with Gasteiger partial charge in [0, 0.05) is 16.6 Å². The zero-order chi connectivity index (χ0) is 22.3. The SMILES string of the molecule is Cc1ccc(-c2nc(CC(=O)NC(C(=O)Nc3ccccc3)c3ccccc3)cs2)cc1. The number of benzene rings is 3. The summed E-state index contributed by atoms with van der Waals surface area (Å²) in [5.74, 6) is -0.558. The second-order valence-corrected chi connectivity index (χ2v) is 8.31. The van der Waals surface area contributed by atoms with Gasteiger partial charge in [-0.15, -0.1) is 11.3 Å². The van der Waals surface area contributed by atoms with Crippen LogP contribution in [-0.4, -0.2) is 16.8 Å². The second-order valence-electron chi connectivity index (χ2n) is 7.45. The molecule has 0 fully saturated rings. The molecular formula is C26H23N3O2S. The third kappa shape index (κ3) is 5.47. The van der Waals surface area contributed by atoms with Gasteiger partial charge >= 0.3 is 0 Å². The van der Waals surface area contributed by atoms with Crippen LogP contribution in [0.15, 0.2) is 90.3 Å². The van der Waals surface area contributed by atoms with Crippen LogP contribution in [0.1, 0.15) is 22.9 Å². The number of amides is 2. The third-order valence-electron chi connectivity index (χ3n) is 4.93. The topological polar surface area (TPSA) is 71.1 Å². The van der Waals surface area contributed by atoms with Crippen molar-refractivity contribution in [3.05, 3.63) is 107 Å². The highest BCUT2D eigenvalue weighted by Crippen LogP contribution is 2.24. The molecule has 0 spiro atoms. The zero-order valence-electron chi connectivity index (χ0n) is 17.6. The van der Waals surface area contributed by atoms with Gasteiger partial charge in [0.1, 0.15) is 11.0 Å². The first-order valence-electron chi connectivity index (χ1n) is 10.3. The normalized spacial score (nSPS) is 11.5. The molecule has 0 radical (unpaired) electrons. The van der Waals surface area contributed by atoms with Gasteiger partial charge in [0.15, 0.2) is 0 Å². The maximum Gasteiger partial charge on any atom is 0.251 e. The Balaban J connectivity index is 1.47. The minimum Gasteiger partial charge on any atom is -0.340 e. The number of carbonyl (C=O) groups is 2. The highest BCUT2D eigenvalue weighted by atomic mass is 32.1. The number of para-hydroxylation sites is 1. The van der Waals surface area contributed by atoms with Crippen molar-refractivity contribution in [3.8, 4) is 10.6 Å². The fourth-order valence-electron chi connectivity index (χ4n) is 3.28. The molecule has 0 bridgehead atoms. The van der Waals surface area contributed by atoms with Gasteiger partial charge in [0.25, 0.3) is 5.91 Å². The number of rotatable bonds is 7. The van der Waals surface area contributed by atoms with Crippen molar-refractivity contribution in [2.75, 3.05) is 5.32 Å². The molecule has 3 aromatic carbocycles. The van der Waals surface area contributed by atoms with Crippen LogP contribution in [0.2, 0.25) is 0 Å². The van der Waals surface area contributed by atoms with Crippen molar-refractivity contribution in [1.82, 2.24) is 10.3 Å². The fraction of sp³-hybridized carbons (Fsp3) is 0.115. The summed E-state index contributed by atoms with van der Waals surface area (Å²) in [5.41, 5.74) is 4.28. The lowest BCUT2D eigenvalue weighted by Crippen LogP contribution is -2.37. The molecule has 1 heterocycles. The predicted octanol–water partition coefficient (Wildman–Crippen LogP) is 5.16. The van der Waals surface area contributed by atoms with Crippen LogP contribution in [0.25, 0.3) is 10.6 Å². The van der Waals surface area contributed by atoms with Crippen LogP contribution in [0.3, 0.4) is 0 Å². The molecule has 0 saturated heterocycles. The van der Waals surface area contributed by atoms with Crippen LogP contribution >= 0.6 is 11.3 Å². The Kier molecular flexibility index (Phi) is 6.72. The monoisotopic (exact) mass is 441 g/mol. The highest BCUT2D eigenvalue weighted by molar-refractivity contribution is 7.13. The maximum atomic E-state index is 13.0. The first-order valence-corrected chi connectivity index (χ1v) is 11.2. The number of hydrogen-bond acceptors (Lipinski definition) is 4. The molecule has 1 unspecified atom stereocenters. The summed E-state index contributed by atoms with van der Waals surface area (Å²) < 4.78 is 0. The van der Waals surface area contributed by atoms with E-state index in [0.29, 0.717) is 16.9 Å². The average Bonchev–Trinajstić information content (AvgIpc) is 3.27. The minimum atomic E-state index is -0.806. The standard InChI is InChI=1S/C26H23N3O2S/c1-18-12-14-20(15-13-18)26-28-22(17-32-26)16-23(30)29-24(19-8-4-2-5-9-19)25(31)27-21-10-6-3-7-11-21/h2-15,17,24H,16H2,1H3,(H,27,31)(H,29,30). The number of anilines is 1. The minimum absolute atomic E-state index is 0.101. The third-order valence-corrected chi connectivity index (χ3v) is 5.87. The Labute approximate surface area is 191 Å². The molecule has 0 aliphatic heterocycles. The van der Waals surface area contributed by atoms with Crippen molar-refractivity contribution in [1.29, 1.82) is 0 Å². The van der Waals surface area contributed by atoms with Gasteiger partial charge in [0.05, 0.1) is 12.1 Å². The van der Waals surface area contributed by atoms with Crippen LogP contribution < -0.4 is 10.6 Å². The number of nitrogens with one attached hydrogen (secondary N) is 2. The molecule has 2 N–H and O–H groups in total. The van der Waals surface area contributed by atoms with Crippen LogP contribution in [0, 0.1) is 6.92 Å².